The van der Waals surface area contributed by atoms with E-state index in [1.54, 1.807) is 32.0 Å². The van der Waals surface area contributed by atoms with Gasteiger partial charge in [0, 0.05) is 0 Å². The summed E-state index contributed by atoms with van der Waals surface area (Å²) in [5, 5.41) is 0. The third-order valence-corrected chi connectivity index (χ3v) is 6.08. The first-order valence-corrected chi connectivity index (χ1v) is 10.0. The fraction of sp³-hybridized carbons (Fsp3) is 0.350. The van der Waals surface area contributed by atoms with E-state index in [2.05, 4.69) is 0 Å². The lowest BCUT2D eigenvalue weighted by atomic mass is 10.1. The maximum atomic E-state index is 13.3. The number of ether oxygens (including phenoxy) is 2. The fourth-order valence-corrected chi connectivity index (χ4v) is 4.14. The molecule has 0 aromatic heterocycles. The normalized spacial score (nSPS) is 11.1. The molecule has 146 valence electrons. The molecule has 0 saturated carbocycles. The number of anilines is 1. The molecule has 0 aliphatic rings. The van der Waals surface area contributed by atoms with Crippen molar-refractivity contribution in [1.29, 1.82) is 0 Å². The summed E-state index contributed by atoms with van der Waals surface area (Å²) in [7, 11) is -2.44. The summed E-state index contributed by atoms with van der Waals surface area (Å²) in [6.45, 7) is 7.07. The van der Waals surface area contributed by atoms with Gasteiger partial charge in [0.15, 0.2) is 0 Å². The molecule has 7 heteroatoms. The van der Waals surface area contributed by atoms with Gasteiger partial charge < -0.3 is 9.47 Å². The number of rotatable bonds is 7. The molecular formula is C20H25NO5S. The number of methoxy groups -OCH3 is 1. The molecule has 0 unspecified atom stereocenters. The predicted molar refractivity (Wildman–Crippen MR) is 105 cm³/mol. The van der Waals surface area contributed by atoms with Crippen molar-refractivity contribution >= 4 is 21.7 Å². The number of carbonyl (C=O) groups is 1. The van der Waals surface area contributed by atoms with Crippen LogP contribution >= 0.6 is 0 Å². The van der Waals surface area contributed by atoms with Gasteiger partial charge in [-0.25, -0.2) is 8.42 Å². The number of sulfonamides is 1. The zero-order valence-corrected chi connectivity index (χ0v) is 17.1. The van der Waals surface area contributed by atoms with E-state index in [0.29, 0.717) is 17.0 Å². The Kier molecular flexibility index (Phi) is 6.49. The molecule has 0 heterocycles. The molecular weight excluding hydrogens is 366 g/mol. The van der Waals surface area contributed by atoms with Crippen LogP contribution in [0.2, 0.25) is 0 Å². The molecule has 2 aromatic carbocycles. The molecule has 0 atom stereocenters. The zero-order valence-electron chi connectivity index (χ0n) is 16.3. The standard InChI is InChI=1S/C20H25NO5S/c1-6-26-20(22)13-21(17-8-7-14(2)15(3)11-17)27(23,24)18-9-10-19(25-5)16(4)12-18/h7-12H,6,13H2,1-5H3. The Bertz CT molecular complexity index is 937. The minimum absolute atomic E-state index is 0.0864. The Morgan fingerprint density at radius 3 is 2.26 bits per heavy atom. The number of hydrogen-bond acceptors (Lipinski definition) is 5. The predicted octanol–water partition coefficient (Wildman–Crippen LogP) is 3.38. The van der Waals surface area contributed by atoms with Gasteiger partial charge in [0.05, 0.1) is 24.3 Å². The van der Waals surface area contributed by atoms with Crippen molar-refractivity contribution in [2.24, 2.45) is 0 Å². The molecule has 2 rings (SSSR count). The molecule has 0 bridgehead atoms. The smallest absolute Gasteiger partial charge is 0.326 e. The summed E-state index contributed by atoms with van der Waals surface area (Å²) in [5.41, 5.74) is 3.07. The van der Waals surface area contributed by atoms with Crippen molar-refractivity contribution in [3.8, 4) is 5.75 Å². The van der Waals surface area contributed by atoms with Crippen molar-refractivity contribution in [2.75, 3.05) is 24.6 Å². The van der Waals surface area contributed by atoms with Crippen LogP contribution in [0.15, 0.2) is 41.3 Å². The highest BCUT2D eigenvalue weighted by Crippen LogP contribution is 2.28. The van der Waals surface area contributed by atoms with Crippen LogP contribution in [0.4, 0.5) is 5.69 Å². The van der Waals surface area contributed by atoms with E-state index in [9.17, 15) is 13.2 Å². The molecule has 2 aromatic rings. The lowest BCUT2D eigenvalue weighted by molar-refractivity contribution is -0.141. The zero-order chi connectivity index (χ0) is 20.2. The van der Waals surface area contributed by atoms with Gasteiger partial charge in [-0.2, -0.15) is 0 Å². The molecule has 0 aliphatic heterocycles. The number of esters is 1. The lowest BCUT2D eigenvalue weighted by Gasteiger charge is -2.24. The highest BCUT2D eigenvalue weighted by Gasteiger charge is 2.28. The van der Waals surface area contributed by atoms with Gasteiger partial charge >= 0.3 is 5.97 Å². The Hall–Kier alpha value is -2.54. The number of hydrogen-bond donors (Lipinski definition) is 0. The van der Waals surface area contributed by atoms with Gasteiger partial charge in [-0.15, -0.1) is 0 Å². The third-order valence-electron chi connectivity index (χ3n) is 4.31. The van der Waals surface area contributed by atoms with Crippen LogP contribution in [-0.2, 0) is 19.6 Å². The van der Waals surface area contributed by atoms with E-state index in [1.807, 2.05) is 19.9 Å². The highest BCUT2D eigenvalue weighted by atomic mass is 32.2. The molecule has 0 N–H and O–H groups in total. The van der Waals surface area contributed by atoms with E-state index >= 15 is 0 Å². The molecule has 0 amide bonds. The maximum absolute atomic E-state index is 13.3. The van der Waals surface area contributed by atoms with Crippen molar-refractivity contribution in [3.05, 3.63) is 53.1 Å². The summed E-state index contributed by atoms with van der Waals surface area (Å²) >= 11 is 0. The second-order valence-corrected chi connectivity index (χ2v) is 8.08. The van der Waals surface area contributed by atoms with Gasteiger partial charge in [-0.05, 0) is 74.7 Å². The van der Waals surface area contributed by atoms with Gasteiger partial charge in [0.25, 0.3) is 10.0 Å². The highest BCUT2D eigenvalue weighted by molar-refractivity contribution is 7.92. The molecule has 6 nitrogen and oxygen atoms in total. The molecule has 0 aliphatic carbocycles. The SMILES string of the molecule is CCOC(=O)CN(c1ccc(C)c(C)c1)S(=O)(=O)c1ccc(OC)c(C)c1. The monoisotopic (exact) mass is 391 g/mol. The van der Waals surface area contributed by atoms with E-state index in [0.717, 1.165) is 15.4 Å². The van der Waals surface area contributed by atoms with E-state index < -0.39 is 22.5 Å². The Morgan fingerprint density at radius 1 is 1.00 bits per heavy atom. The second kappa shape index (κ2) is 8.43. The molecule has 0 saturated heterocycles. The van der Waals surface area contributed by atoms with Crippen LogP contribution in [-0.4, -0.2) is 34.6 Å². The third kappa shape index (κ3) is 4.60. The summed E-state index contributed by atoms with van der Waals surface area (Å²) in [4.78, 5) is 12.2. The molecule has 0 spiro atoms. The summed E-state index contributed by atoms with van der Waals surface area (Å²) in [6.07, 6.45) is 0. The van der Waals surface area contributed by atoms with Crippen molar-refractivity contribution in [3.63, 3.8) is 0 Å². The lowest BCUT2D eigenvalue weighted by Crippen LogP contribution is -2.36. The van der Waals surface area contributed by atoms with Crippen LogP contribution < -0.4 is 9.04 Å². The Balaban J connectivity index is 2.55. The first kappa shape index (κ1) is 20.8. The van der Waals surface area contributed by atoms with Gasteiger partial charge in [-0.1, -0.05) is 6.07 Å². The Labute approximate surface area is 160 Å². The van der Waals surface area contributed by atoms with Gasteiger partial charge in [-0.3, -0.25) is 9.10 Å². The van der Waals surface area contributed by atoms with Crippen LogP contribution in [0.1, 0.15) is 23.6 Å². The topological polar surface area (TPSA) is 72.9 Å². The van der Waals surface area contributed by atoms with E-state index in [-0.39, 0.29) is 11.5 Å². The van der Waals surface area contributed by atoms with Crippen LogP contribution in [0.25, 0.3) is 0 Å². The Morgan fingerprint density at radius 2 is 1.70 bits per heavy atom. The van der Waals surface area contributed by atoms with Crippen molar-refractivity contribution in [1.82, 2.24) is 0 Å². The van der Waals surface area contributed by atoms with Crippen molar-refractivity contribution in [2.45, 2.75) is 32.6 Å². The second-order valence-electron chi connectivity index (χ2n) is 6.22. The summed E-state index contributed by atoms with van der Waals surface area (Å²) in [5.74, 6) is -0.0124. The van der Waals surface area contributed by atoms with Gasteiger partial charge in [0.1, 0.15) is 12.3 Å². The number of nitrogens with zero attached hydrogens (tertiary/aromatic N) is 1. The molecule has 0 radical (unpaired) electrons. The van der Waals surface area contributed by atoms with Crippen LogP contribution in [0, 0.1) is 20.8 Å². The van der Waals surface area contributed by atoms with Gasteiger partial charge in [0.2, 0.25) is 0 Å². The summed E-state index contributed by atoms with van der Waals surface area (Å²) in [6, 6.07) is 9.88. The minimum atomic E-state index is -3.97. The largest absolute Gasteiger partial charge is 0.496 e. The summed E-state index contributed by atoms with van der Waals surface area (Å²) < 4.78 is 37.9. The quantitative estimate of drug-likeness (QED) is 0.677. The van der Waals surface area contributed by atoms with Crippen molar-refractivity contribution < 1.29 is 22.7 Å². The minimum Gasteiger partial charge on any atom is -0.496 e. The first-order valence-electron chi connectivity index (χ1n) is 8.61. The first-order chi connectivity index (χ1) is 12.7. The van der Waals surface area contributed by atoms with E-state index in [4.69, 9.17) is 9.47 Å². The number of carbonyl (C=O) groups excluding carboxylic acids is 1. The average molecular weight is 391 g/mol. The van der Waals surface area contributed by atoms with Crippen LogP contribution in [0.3, 0.4) is 0 Å². The van der Waals surface area contributed by atoms with E-state index in [1.165, 1.54) is 19.2 Å². The molecule has 0 fully saturated rings. The average Bonchev–Trinajstić information content (AvgIpc) is 2.62. The number of benzene rings is 2. The molecule has 27 heavy (non-hydrogen) atoms. The van der Waals surface area contributed by atoms with Crippen LogP contribution in [0.5, 0.6) is 5.75 Å². The maximum Gasteiger partial charge on any atom is 0.326 e. The number of aryl methyl sites for hydroxylation is 3. The fourth-order valence-electron chi connectivity index (χ4n) is 2.66.